The molecule has 14 heavy (non-hydrogen) atoms. The van der Waals surface area contributed by atoms with Gasteiger partial charge in [0.2, 0.25) is 0 Å². The number of hydrogen-bond donors (Lipinski definition) is 0. The summed E-state index contributed by atoms with van der Waals surface area (Å²) in [6, 6.07) is 6.24. The summed E-state index contributed by atoms with van der Waals surface area (Å²) >= 11 is 0. The molecule has 3 nitrogen and oxygen atoms in total. The molecule has 1 aliphatic rings. The van der Waals surface area contributed by atoms with Crippen LogP contribution in [0.5, 0.6) is 0 Å². The molecule has 0 unspecified atom stereocenters. The summed E-state index contributed by atoms with van der Waals surface area (Å²) in [5.74, 6) is 0.829. The van der Waals surface area contributed by atoms with E-state index >= 15 is 0 Å². The Morgan fingerprint density at radius 2 is 2.43 bits per heavy atom. The van der Waals surface area contributed by atoms with Gasteiger partial charge in [-0.1, -0.05) is 13.0 Å². The van der Waals surface area contributed by atoms with Crippen molar-refractivity contribution in [2.45, 2.75) is 25.8 Å². The zero-order valence-electron chi connectivity index (χ0n) is 8.31. The molecule has 0 N–H and O–H groups in total. The molecule has 0 fully saturated rings. The molecule has 0 saturated carbocycles. The summed E-state index contributed by atoms with van der Waals surface area (Å²) in [7, 11) is 0. The second-order valence-electron chi connectivity index (χ2n) is 3.39. The summed E-state index contributed by atoms with van der Waals surface area (Å²) in [6.45, 7) is 2.86. The van der Waals surface area contributed by atoms with E-state index in [0.717, 1.165) is 31.0 Å². The Kier molecular flexibility index (Phi) is 2.77. The van der Waals surface area contributed by atoms with Crippen LogP contribution in [-0.2, 0) is 11.2 Å². The topological polar surface area (TPSA) is 34.5 Å². The fraction of sp³-hybridized carbons (Fsp3) is 0.455. The second-order valence-corrected chi connectivity index (χ2v) is 3.39. The SMILES string of the molecule is CC[C@H]1COC(Cc2ccccn2)=N1. The van der Waals surface area contributed by atoms with Crippen molar-refractivity contribution in [3.63, 3.8) is 0 Å². The van der Waals surface area contributed by atoms with Gasteiger partial charge in [0.05, 0.1) is 12.5 Å². The predicted molar refractivity (Wildman–Crippen MR) is 55.4 cm³/mol. The van der Waals surface area contributed by atoms with E-state index in [1.54, 1.807) is 6.20 Å². The number of nitrogens with zero attached hydrogens (tertiary/aromatic N) is 2. The lowest BCUT2D eigenvalue weighted by atomic mass is 10.2. The molecule has 0 amide bonds. The molecule has 1 atom stereocenters. The summed E-state index contributed by atoms with van der Waals surface area (Å²) in [4.78, 5) is 8.69. The van der Waals surface area contributed by atoms with Gasteiger partial charge < -0.3 is 4.74 Å². The van der Waals surface area contributed by atoms with Crippen molar-refractivity contribution in [1.29, 1.82) is 0 Å². The van der Waals surface area contributed by atoms with Crippen LogP contribution in [0.2, 0.25) is 0 Å². The molecule has 1 aliphatic heterocycles. The highest BCUT2D eigenvalue weighted by Gasteiger charge is 2.16. The van der Waals surface area contributed by atoms with Gasteiger partial charge in [-0.05, 0) is 18.6 Å². The molecule has 74 valence electrons. The lowest BCUT2D eigenvalue weighted by Crippen LogP contribution is -2.05. The van der Waals surface area contributed by atoms with Gasteiger partial charge in [0, 0.05) is 11.9 Å². The zero-order chi connectivity index (χ0) is 9.80. The molecule has 2 heterocycles. The molecule has 0 aliphatic carbocycles. The minimum atomic E-state index is 0.355. The van der Waals surface area contributed by atoms with E-state index in [1.165, 1.54) is 0 Å². The minimum Gasteiger partial charge on any atom is -0.478 e. The maximum Gasteiger partial charge on any atom is 0.189 e. The van der Waals surface area contributed by atoms with E-state index in [0.29, 0.717) is 6.04 Å². The standard InChI is InChI=1S/C11H14N2O/c1-2-9-8-14-11(13-9)7-10-5-3-4-6-12-10/h3-6,9H,2,7-8H2,1H3/t9-/m0/s1. The fourth-order valence-electron chi connectivity index (χ4n) is 1.43. The third-order valence-corrected chi connectivity index (χ3v) is 2.30. The zero-order valence-corrected chi connectivity index (χ0v) is 8.31. The number of rotatable bonds is 3. The molecule has 0 radical (unpaired) electrons. The van der Waals surface area contributed by atoms with E-state index in [4.69, 9.17) is 4.74 Å². The van der Waals surface area contributed by atoms with Gasteiger partial charge in [-0.2, -0.15) is 0 Å². The largest absolute Gasteiger partial charge is 0.478 e. The molecule has 1 aromatic rings. The van der Waals surface area contributed by atoms with Crippen LogP contribution in [0.3, 0.4) is 0 Å². The van der Waals surface area contributed by atoms with Crippen molar-refractivity contribution >= 4 is 5.90 Å². The molecule has 1 aromatic heterocycles. The first-order valence-corrected chi connectivity index (χ1v) is 4.98. The lowest BCUT2D eigenvalue weighted by molar-refractivity contribution is 0.309. The van der Waals surface area contributed by atoms with Gasteiger partial charge >= 0.3 is 0 Å². The van der Waals surface area contributed by atoms with Crippen LogP contribution in [-0.4, -0.2) is 23.5 Å². The quantitative estimate of drug-likeness (QED) is 0.728. The minimum absolute atomic E-state index is 0.355. The second kappa shape index (κ2) is 4.22. The first-order valence-electron chi connectivity index (χ1n) is 4.98. The van der Waals surface area contributed by atoms with Crippen LogP contribution in [0.25, 0.3) is 0 Å². The summed E-state index contributed by atoms with van der Waals surface area (Å²) in [5.41, 5.74) is 1.02. The number of aliphatic imine (C=N–C) groups is 1. The molecule has 0 spiro atoms. The Morgan fingerprint density at radius 1 is 1.50 bits per heavy atom. The molecule has 3 heteroatoms. The molecular weight excluding hydrogens is 176 g/mol. The van der Waals surface area contributed by atoms with Gasteiger partial charge in [0.25, 0.3) is 0 Å². The third kappa shape index (κ3) is 2.10. The van der Waals surface area contributed by atoms with Crippen molar-refractivity contribution < 1.29 is 4.74 Å². The highest BCUT2D eigenvalue weighted by atomic mass is 16.5. The highest BCUT2D eigenvalue weighted by Crippen LogP contribution is 2.10. The van der Waals surface area contributed by atoms with Crippen molar-refractivity contribution in [1.82, 2.24) is 4.98 Å². The van der Waals surface area contributed by atoms with Crippen molar-refractivity contribution in [2.75, 3.05) is 6.61 Å². The molecular formula is C11H14N2O. The van der Waals surface area contributed by atoms with Crippen LogP contribution >= 0.6 is 0 Å². The van der Waals surface area contributed by atoms with Gasteiger partial charge in [-0.25, -0.2) is 4.99 Å². The lowest BCUT2D eigenvalue weighted by Gasteiger charge is -1.99. The Hall–Kier alpha value is -1.38. The number of aromatic nitrogens is 1. The Morgan fingerprint density at radius 3 is 3.07 bits per heavy atom. The van der Waals surface area contributed by atoms with Gasteiger partial charge in [0.15, 0.2) is 5.90 Å². The molecule has 2 rings (SSSR count). The first kappa shape index (κ1) is 9.19. The van der Waals surface area contributed by atoms with E-state index in [2.05, 4.69) is 16.9 Å². The van der Waals surface area contributed by atoms with E-state index < -0.39 is 0 Å². The van der Waals surface area contributed by atoms with E-state index in [1.807, 2.05) is 18.2 Å². The van der Waals surface area contributed by atoms with Gasteiger partial charge in [0.1, 0.15) is 6.61 Å². The third-order valence-electron chi connectivity index (χ3n) is 2.30. The normalized spacial score (nSPS) is 20.4. The van der Waals surface area contributed by atoms with E-state index in [-0.39, 0.29) is 0 Å². The Bertz CT molecular complexity index is 321. The predicted octanol–water partition coefficient (Wildman–Crippen LogP) is 1.83. The van der Waals surface area contributed by atoms with Gasteiger partial charge in [-0.3, -0.25) is 4.98 Å². The average molecular weight is 190 g/mol. The Balaban J connectivity index is 1.99. The number of ether oxygens (including phenoxy) is 1. The van der Waals surface area contributed by atoms with E-state index in [9.17, 15) is 0 Å². The smallest absolute Gasteiger partial charge is 0.189 e. The van der Waals surface area contributed by atoms with Crippen molar-refractivity contribution in [3.05, 3.63) is 30.1 Å². The highest BCUT2D eigenvalue weighted by molar-refractivity contribution is 5.79. The van der Waals surface area contributed by atoms with Crippen molar-refractivity contribution in [3.8, 4) is 0 Å². The summed E-state index contributed by atoms with van der Waals surface area (Å²) in [6.07, 6.45) is 3.56. The van der Waals surface area contributed by atoms with Crippen molar-refractivity contribution in [2.24, 2.45) is 4.99 Å². The molecule has 0 bridgehead atoms. The van der Waals surface area contributed by atoms with Crippen LogP contribution in [0.1, 0.15) is 19.0 Å². The van der Waals surface area contributed by atoms with Crippen LogP contribution in [0, 0.1) is 0 Å². The molecule has 0 aromatic carbocycles. The Labute approximate surface area is 83.8 Å². The summed E-state index contributed by atoms with van der Waals surface area (Å²) < 4.78 is 5.47. The fourth-order valence-corrected chi connectivity index (χ4v) is 1.43. The van der Waals surface area contributed by atoms with Crippen LogP contribution < -0.4 is 0 Å². The number of pyridine rings is 1. The molecule has 0 saturated heterocycles. The summed E-state index contributed by atoms with van der Waals surface area (Å²) in [5, 5.41) is 0. The van der Waals surface area contributed by atoms with Crippen LogP contribution in [0.15, 0.2) is 29.4 Å². The number of hydrogen-bond acceptors (Lipinski definition) is 3. The average Bonchev–Trinajstić information content (AvgIpc) is 2.67. The first-order chi connectivity index (χ1) is 6.88. The van der Waals surface area contributed by atoms with Crippen LogP contribution in [0.4, 0.5) is 0 Å². The monoisotopic (exact) mass is 190 g/mol. The van der Waals surface area contributed by atoms with Gasteiger partial charge in [-0.15, -0.1) is 0 Å². The maximum atomic E-state index is 5.47. The maximum absolute atomic E-state index is 5.47.